The highest BCUT2D eigenvalue weighted by Gasteiger charge is 2.37. The molecule has 0 aromatic heterocycles. The Morgan fingerprint density at radius 1 is 1.15 bits per heavy atom. The second-order valence-electron chi connectivity index (χ2n) is 7.06. The normalized spacial score (nSPS) is 29.4. The van der Waals surface area contributed by atoms with Crippen molar-refractivity contribution in [2.75, 3.05) is 45.9 Å². The third-order valence-corrected chi connectivity index (χ3v) is 4.97. The van der Waals surface area contributed by atoms with E-state index in [0.717, 1.165) is 58.5 Å². The van der Waals surface area contributed by atoms with E-state index in [0.29, 0.717) is 5.78 Å². The quantitative estimate of drug-likeness (QED) is 0.846. The van der Waals surface area contributed by atoms with Gasteiger partial charge in [0.1, 0.15) is 5.78 Å². The molecule has 20 heavy (non-hydrogen) atoms. The van der Waals surface area contributed by atoms with Crippen LogP contribution in [0.1, 0.15) is 39.5 Å². The van der Waals surface area contributed by atoms with Crippen molar-refractivity contribution in [2.24, 2.45) is 11.3 Å². The van der Waals surface area contributed by atoms with E-state index < -0.39 is 0 Å². The lowest BCUT2D eigenvalue weighted by Crippen LogP contribution is -2.42. The van der Waals surface area contributed by atoms with Crippen molar-refractivity contribution in [3.63, 3.8) is 0 Å². The molecule has 116 valence electrons. The van der Waals surface area contributed by atoms with Crippen LogP contribution in [0.2, 0.25) is 0 Å². The zero-order valence-corrected chi connectivity index (χ0v) is 13.1. The maximum absolute atomic E-state index is 12.5. The van der Waals surface area contributed by atoms with E-state index in [1.165, 1.54) is 6.42 Å². The first-order valence-corrected chi connectivity index (χ1v) is 8.13. The first-order chi connectivity index (χ1) is 9.53. The minimum absolute atomic E-state index is 0.113. The molecule has 4 nitrogen and oxygen atoms in total. The molecule has 1 heterocycles. The summed E-state index contributed by atoms with van der Waals surface area (Å²) in [7, 11) is 0. The number of aliphatic hydroxyl groups is 1. The molecule has 1 unspecified atom stereocenters. The molecule has 1 N–H and O–H groups in total. The second-order valence-corrected chi connectivity index (χ2v) is 7.06. The molecular weight excluding hydrogens is 252 g/mol. The Labute approximate surface area is 123 Å². The van der Waals surface area contributed by atoms with Crippen molar-refractivity contribution in [3.8, 4) is 0 Å². The van der Waals surface area contributed by atoms with Gasteiger partial charge in [-0.15, -0.1) is 0 Å². The number of nitrogens with zero attached hydrogens (tertiary/aromatic N) is 2. The largest absolute Gasteiger partial charge is 0.395 e. The van der Waals surface area contributed by atoms with Crippen LogP contribution in [0.5, 0.6) is 0 Å². The molecule has 0 aromatic carbocycles. The average Bonchev–Trinajstić information content (AvgIpc) is 2.61. The smallest absolute Gasteiger partial charge is 0.142 e. The van der Waals surface area contributed by atoms with Gasteiger partial charge in [-0.05, 0) is 32.4 Å². The van der Waals surface area contributed by atoms with E-state index in [4.69, 9.17) is 5.11 Å². The van der Waals surface area contributed by atoms with Gasteiger partial charge in [0.05, 0.1) is 6.61 Å². The molecule has 0 radical (unpaired) electrons. The van der Waals surface area contributed by atoms with E-state index in [-0.39, 0.29) is 17.9 Å². The van der Waals surface area contributed by atoms with Gasteiger partial charge in [0.25, 0.3) is 0 Å². The molecule has 4 heteroatoms. The van der Waals surface area contributed by atoms with Gasteiger partial charge in [-0.3, -0.25) is 9.69 Å². The Bertz CT molecular complexity index is 330. The minimum atomic E-state index is -0.113. The number of hydrogen-bond donors (Lipinski definition) is 1. The third-order valence-electron chi connectivity index (χ3n) is 4.97. The summed E-state index contributed by atoms with van der Waals surface area (Å²) in [6.07, 6.45) is 4.45. The van der Waals surface area contributed by atoms with Crippen LogP contribution in [0.4, 0.5) is 0 Å². The van der Waals surface area contributed by atoms with Gasteiger partial charge in [-0.2, -0.15) is 0 Å². The minimum Gasteiger partial charge on any atom is -0.395 e. The fourth-order valence-electron chi connectivity index (χ4n) is 3.66. The number of Topliss-reactive ketones (excluding diaryl/α,β-unsaturated/α-hetero) is 1. The number of carbonyl (C=O) groups excluding carboxylic acids is 1. The first-order valence-electron chi connectivity index (χ1n) is 8.13. The maximum Gasteiger partial charge on any atom is 0.142 e. The zero-order valence-electron chi connectivity index (χ0n) is 13.1. The lowest BCUT2D eigenvalue weighted by atomic mass is 9.71. The molecule has 2 fully saturated rings. The van der Waals surface area contributed by atoms with Crippen LogP contribution in [0.3, 0.4) is 0 Å². The molecule has 1 aliphatic heterocycles. The highest BCUT2D eigenvalue weighted by Crippen LogP contribution is 2.35. The fourth-order valence-corrected chi connectivity index (χ4v) is 3.66. The maximum atomic E-state index is 12.5. The molecule has 1 saturated carbocycles. The van der Waals surface area contributed by atoms with Crippen molar-refractivity contribution in [1.29, 1.82) is 0 Å². The Hall–Kier alpha value is -0.450. The summed E-state index contributed by atoms with van der Waals surface area (Å²) in [6, 6.07) is 0. The fraction of sp³-hybridized carbons (Fsp3) is 0.938. The molecule has 0 amide bonds. The summed E-state index contributed by atoms with van der Waals surface area (Å²) in [5.74, 6) is 0.711. The van der Waals surface area contributed by atoms with Crippen LogP contribution >= 0.6 is 0 Å². The molecule has 0 bridgehead atoms. The lowest BCUT2D eigenvalue weighted by molar-refractivity contribution is -0.135. The van der Waals surface area contributed by atoms with Crippen LogP contribution in [0, 0.1) is 11.3 Å². The molecule has 0 spiro atoms. The number of rotatable bonds is 4. The topological polar surface area (TPSA) is 43.8 Å². The number of hydrogen-bond acceptors (Lipinski definition) is 4. The highest BCUT2D eigenvalue weighted by molar-refractivity contribution is 5.87. The molecule has 1 saturated heterocycles. The molecule has 2 rings (SSSR count). The summed E-state index contributed by atoms with van der Waals surface area (Å²) in [5.41, 5.74) is -0.113. The number of carbonyl (C=O) groups is 1. The molecular formula is C16H30N2O2. The molecule has 1 aliphatic carbocycles. The van der Waals surface area contributed by atoms with E-state index in [1.807, 2.05) is 0 Å². The number of ketones is 1. The Morgan fingerprint density at radius 3 is 2.60 bits per heavy atom. The SMILES string of the molecule is CC1(C)CCCC(CN2CCCN(CCO)CC2)C1=O. The molecule has 2 aliphatic rings. The van der Waals surface area contributed by atoms with Gasteiger partial charge in [0.2, 0.25) is 0 Å². The standard InChI is InChI=1S/C16H30N2O2/c1-16(2)6-3-5-14(15(16)20)13-18-8-4-7-17(9-10-18)11-12-19/h14,19H,3-13H2,1-2H3. The van der Waals surface area contributed by atoms with Gasteiger partial charge in [0.15, 0.2) is 0 Å². The van der Waals surface area contributed by atoms with Crippen molar-refractivity contribution < 1.29 is 9.90 Å². The summed E-state index contributed by atoms with van der Waals surface area (Å²) >= 11 is 0. The van der Waals surface area contributed by atoms with Crippen LogP contribution in [-0.4, -0.2) is 66.6 Å². The average molecular weight is 282 g/mol. The van der Waals surface area contributed by atoms with Crippen molar-refractivity contribution in [1.82, 2.24) is 9.80 Å². The van der Waals surface area contributed by atoms with Crippen LogP contribution in [0.15, 0.2) is 0 Å². The van der Waals surface area contributed by atoms with E-state index in [1.54, 1.807) is 0 Å². The number of aliphatic hydroxyl groups excluding tert-OH is 1. The van der Waals surface area contributed by atoms with E-state index in [2.05, 4.69) is 23.6 Å². The highest BCUT2D eigenvalue weighted by atomic mass is 16.3. The van der Waals surface area contributed by atoms with Crippen LogP contribution in [-0.2, 0) is 4.79 Å². The van der Waals surface area contributed by atoms with Crippen LogP contribution < -0.4 is 0 Å². The van der Waals surface area contributed by atoms with E-state index >= 15 is 0 Å². The molecule has 1 atom stereocenters. The Balaban J connectivity index is 1.85. The first kappa shape index (κ1) is 15.9. The Morgan fingerprint density at radius 2 is 1.85 bits per heavy atom. The lowest BCUT2D eigenvalue weighted by Gasteiger charge is -2.36. The van der Waals surface area contributed by atoms with Gasteiger partial charge in [-0.1, -0.05) is 20.3 Å². The zero-order chi connectivity index (χ0) is 14.6. The van der Waals surface area contributed by atoms with Crippen LogP contribution in [0.25, 0.3) is 0 Å². The summed E-state index contributed by atoms with van der Waals surface area (Å²) in [6.45, 7) is 10.4. The summed E-state index contributed by atoms with van der Waals surface area (Å²) in [5, 5.41) is 9.03. The predicted molar refractivity (Wildman–Crippen MR) is 80.7 cm³/mol. The van der Waals surface area contributed by atoms with Gasteiger partial charge in [-0.25, -0.2) is 0 Å². The third kappa shape index (κ3) is 4.03. The van der Waals surface area contributed by atoms with Gasteiger partial charge in [0, 0.05) is 37.5 Å². The van der Waals surface area contributed by atoms with Crippen molar-refractivity contribution in [2.45, 2.75) is 39.5 Å². The van der Waals surface area contributed by atoms with E-state index in [9.17, 15) is 4.79 Å². The summed E-state index contributed by atoms with van der Waals surface area (Å²) < 4.78 is 0. The summed E-state index contributed by atoms with van der Waals surface area (Å²) in [4.78, 5) is 17.3. The Kier molecular flexibility index (Phi) is 5.58. The monoisotopic (exact) mass is 282 g/mol. The van der Waals surface area contributed by atoms with Crippen molar-refractivity contribution >= 4 is 5.78 Å². The van der Waals surface area contributed by atoms with Crippen molar-refractivity contribution in [3.05, 3.63) is 0 Å². The van der Waals surface area contributed by atoms with Gasteiger partial charge >= 0.3 is 0 Å². The van der Waals surface area contributed by atoms with Gasteiger partial charge < -0.3 is 10.0 Å². The second kappa shape index (κ2) is 7.01. The molecule has 0 aromatic rings. The predicted octanol–water partition coefficient (Wildman–Crippen LogP) is 1.38. The number of β-amino-alcohol motifs (C(OH)–C–C–N with tert-alkyl or cyclic N) is 1.